The van der Waals surface area contributed by atoms with Gasteiger partial charge in [-0.25, -0.2) is 15.0 Å². The van der Waals surface area contributed by atoms with Crippen molar-refractivity contribution in [2.45, 2.75) is 25.6 Å². The fourth-order valence-corrected chi connectivity index (χ4v) is 2.61. The highest BCUT2D eigenvalue weighted by Crippen LogP contribution is 2.22. The van der Waals surface area contributed by atoms with Crippen molar-refractivity contribution in [1.29, 1.82) is 0 Å². The maximum atomic E-state index is 11.7. The molecule has 2 aromatic rings. The highest BCUT2D eigenvalue weighted by atomic mass is 16.3. The molecular weight excluding hydrogens is 288 g/mol. The van der Waals surface area contributed by atoms with Gasteiger partial charge in [0.2, 0.25) is 5.91 Å². The molecular formula is C13H18N6O3. The van der Waals surface area contributed by atoms with Crippen LogP contribution in [0.2, 0.25) is 0 Å². The van der Waals surface area contributed by atoms with E-state index in [1.54, 1.807) is 10.9 Å². The summed E-state index contributed by atoms with van der Waals surface area (Å²) in [6.07, 6.45) is 2.09. The zero-order chi connectivity index (χ0) is 15.7. The number of nitrogens with one attached hydrogen (secondary N) is 1. The average molecular weight is 306 g/mol. The molecule has 0 bridgehead atoms. The van der Waals surface area contributed by atoms with Crippen LogP contribution < -0.4 is 10.2 Å². The first-order valence-corrected chi connectivity index (χ1v) is 7.07. The van der Waals surface area contributed by atoms with Gasteiger partial charge in [0.1, 0.15) is 6.33 Å². The van der Waals surface area contributed by atoms with Crippen LogP contribution >= 0.6 is 0 Å². The molecule has 9 nitrogen and oxygen atoms in total. The Labute approximate surface area is 126 Å². The van der Waals surface area contributed by atoms with Crippen molar-refractivity contribution in [2.75, 3.05) is 24.6 Å². The first-order chi connectivity index (χ1) is 10.6. The minimum Gasteiger partial charge on any atom is -0.394 e. The molecule has 118 valence electrons. The Hall–Kier alpha value is -2.26. The third-order valence-corrected chi connectivity index (χ3v) is 3.54. The van der Waals surface area contributed by atoms with Gasteiger partial charge in [-0.2, -0.15) is 0 Å². The first kappa shape index (κ1) is 14.7. The van der Waals surface area contributed by atoms with Gasteiger partial charge in [-0.1, -0.05) is 0 Å². The predicted molar refractivity (Wildman–Crippen MR) is 78.2 cm³/mol. The normalized spacial score (nSPS) is 20.2. The molecule has 0 saturated carbocycles. The minimum absolute atomic E-state index is 0.0320. The SMILES string of the molecule is CC1CN(c2ncnc3c2ncn3CC(O)CO)CC(=O)N1. The lowest BCUT2D eigenvalue weighted by Crippen LogP contribution is -2.53. The molecule has 22 heavy (non-hydrogen) atoms. The third kappa shape index (κ3) is 2.72. The summed E-state index contributed by atoms with van der Waals surface area (Å²) in [6.45, 7) is 2.66. The molecule has 2 atom stereocenters. The summed E-state index contributed by atoms with van der Waals surface area (Å²) in [5.41, 5.74) is 1.14. The molecule has 0 spiro atoms. The van der Waals surface area contributed by atoms with Crippen LogP contribution in [0.15, 0.2) is 12.7 Å². The van der Waals surface area contributed by atoms with Gasteiger partial charge in [0.15, 0.2) is 17.0 Å². The Bertz CT molecular complexity index is 687. The van der Waals surface area contributed by atoms with Crippen LogP contribution in [0.25, 0.3) is 11.2 Å². The lowest BCUT2D eigenvalue weighted by Gasteiger charge is -2.31. The number of piperazine rings is 1. The highest BCUT2D eigenvalue weighted by Gasteiger charge is 2.25. The van der Waals surface area contributed by atoms with E-state index in [0.717, 1.165) is 0 Å². The number of anilines is 1. The molecule has 1 aliphatic rings. The van der Waals surface area contributed by atoms with Crippen molar-refractivity contribution < 1.29 is 15.0 Å². The second-order valence-electron chi connectivity index (χ2n) is 5.45. The van der Waals surface area contributed by atoms with Gasteiger partial charge < -0.3 is 25.0 Å². The summed E-state index contributed by atoms with van der Waals surface area (Å²) >= 11 is 0. The molecule has 2 unspecified atom stereocenters. The number of amides is 1. The molecule has 3 N–H and O–H groups in total. The van der Waals surface area contributed by atoms with Crippen LogP contribution in [0.3, 0.4) is 0 Å². The summed E-state index contributed by atoms with van der Waals surface area (Å²) in [7, 11) is 0. The van der Waals surface area contributed by atoms with Gasteiger partial charge in [-0.15, -0.1) is 0 Å². The van der Waals surface area contributed by atoms with Crippen LogP contribution in [0.1, 0.15) is 6.92 Å². The van der Waals surface area contributed by atoms with Crippen LogP contribution in [-0.4, -0.2) is 67.5 Å². The lowest BCUT2D eigenvalue weighted by atomic mass is 10.2. The van der Waals surface area contributed by atoms with Gasteiger partial charge in [0.05, 0.1) is 32.1 Å². The van der Waals surface area contributed by atoms with E-state index in [9.17, 15) is 9.90 Å². The summed E-state index contributed by atoms with van der Waals surface area (Å²) in [6, 6.07) is 0.0320. The van der Waals surface area contributed by atoms with Gasteiger partial charge >= 0.3 is 0 Å². The van der Waals surface area contributed by atoms with Gasteiger partial charge in [-0.3, -0.25) is 4.79 Å². The Morgan fingerprint density at radius 2 is 2.27 bits per heavy atom. The number of nitrogens with zero attached hydrogens (tertiary/aromatic N) is 5. The first-order valence-electron chi connectivity index (χ1n) is 7.07. The van der Waals surface area contributed by atoms with E-state index < -0.39 is 6.10 Å². The number of hydrogen-bond donors (Lipinski definition) is 3. The second kappa shape index (κ2) is 5.85. The van der Waals surface area contributed by atoms with Crippen LogP contribution in [0.5, 0.6) is 0 Å². The Morgan fingerprint density at radius 3 is 3.00 bits per heavy atom. The van der Waals surface area contributed by atoms with E-state index in [0.29, 0.717) is 23.5 Å². The molecule has 0 radical (unpaired) electrons. The standard InChI is InChI=1S/C13H18N6O3/c1-8-2-18(4-10(22)17-8)12-11-13(15-6-14-12)19(7-16-11)3-9(21)5-20/h6-9,20-21H,2-5H2,1H3,(H,17,22). The third-order valence-electron chi connectivity index (χ3n) is 3.54. The largest absolute Gasteiger partial charge is 0.394 e. The van der Waals surface area contributed by atoms with E-state index in [-0.39, 0.29) is 31.6 Å². The van der Waals surface area contributed by atoms with E-state index in [1.165, 1.54) is 6.33 Å². The van der Waals surface area contributed by atoms with E-state index >= 15 is 0 Å². The fraction of sp³-hybridized carbons (Fsp3) is 0.538. The molecule has 2 aromatic heterocycles. The zero-order valence-corrected chi connectivity index (χ0v) is 12.2. The van der Waals surface area contributed by atoms with Crippen molar-refractivity contribution in [3.05, 3.63) is 12.7 Å². The van der Waals surface area contributed by atoms with Crippen molar-refractivity contribution >= 4 is 22.9 Å². The quantitative estimate of drug-likeness (QED) is 0.629. The molecule has 0 aromatic carbocycles. The van der Waals surface area contributed by atoms with Crippen molar-refractivity contribution in [3.63, 3.8) is 0 Å². The Kier molecular flexibility index (Phi) is 3.90. The van der Waals surface area contributed by atoms with Crippen molar-refractivity contribution in [2.24, 2.45) is 0 Å². The number of fused-ring (bicyclic) bond motifs is 1. The second-order valence-corrected chi connectivity index (χ2v) is 5.45. The summed E-state index contributed by atoms with van der Waals surface area (Å²) in [5.74, 6) is 0.546. The smallest absolute Gasteiger partial charge is 0.239 e. The van der Waals surface area contributed by atoms with Crippen molar-refractivity contribution in [3.8, 4) is 0 Å². The van der Waals surface area contributed by atoms with Gasteiger partial charge in [0, 0.05) is 12.6 Å². The Balaban J connectivity index is 1.95. The monoisotopic (exact) mass is 306 g/mol. The molecule has 3 heterocycles. The zero-order valence-electron chi connectivity index (χ0n) is 12.2. The van der Waals surface area contributed by atoms with Gasteiger partial charge in [-0.05, 0) is 6.92 Å². The summed E-state index contributed by atoms with van der Waals surface area (Å²) < 4.78 is 1.66. The molecule has 0 aliphatic carbocycles. The number of aliphatic hydroxyl groups is 2. The number of imidazole rings is 1. The molecule has 3 rings (SSSR count). The molecule has 1 saturated heterocycles. The summed E-state index contributed by atoms with van der Waals surface area (Å²) in [5, 5.41) is 21.4. The molecule has 9 heteroatoms. The van der Waals surface area contributed by atoms with Crippen LogP contribution in [0, 0.1) is 0 Å². The van der Waals surface area contributed by atoms with Crippen molar-refractivity contribution in [1.82, 2.24) is 24.8 Å². The fourth-order valence-electron chi connectivity index (χ4n) is 2.61. The lowest BCUT2D eigenvalue weighted by molar-refractivity contribution is -0.121. The summed E-state index contributed by atoms with van der Waals surface area (Å²) in [4.78, 5) is 26.3. The molecule has 1 aliphatic heterocycles. The number of aliphatic hydroxyl groups excluding tert-OH is 2. The number of aromatic nitrogens is 4. The number of hydrogen-bond acceptors (Lipinski definition) is 7. The predicted octanol–water partition coefficient (Wildman–Crippen LogP) is -1.50. The van der Waals surface area contributed by atoms with E-state index in [1.807, 2.05) is 11.8 Å². The topological polar surface area (TPSA) is 116 Å². The van der Waals surface area contributed by atoms with E-state index in [4.69, 9.17) is 5.11 Å². The Morgan fingerprint density at radius 1 is 1.45 bits per heavy atom. The number of carbonyl (C=O) groups excluding carboxylic acids is 1. The number of carbonyl (C=O) groups is 1. The van der Waals surface area contributed by atoms with Crippen LogP contribution in [0.4, 0.5) is 5.82 Å². The van der Waals surface area contributed by atoms with Gasteiger partial charge in [0.25, 0.3) is 0 Å². The molecule has 1 fully saturated rings. The average Bonchev–Trinajstić information content (AvgIpc) is 2.89. The maximum Gasteiger partial charge on any atom is 0.239 e. The highest BCUT2D eigenvalue weighted by molar-refractivity contribution is 5.88. The van der Waals surface area contributed by atoms with E-state index in [2.05, 4.69) is 20.3 Å². The minimum atomic E-state index is -0.878. The maximum absolute atomic E-state index is 11.7. The molecule has 1 amide bonds. The van der Waals surface area contributed by atoms with Crippen LogP contribution in [-0.2, 0) is 11.3 Å². The number of rotatable bonds is 4.